The molecule has 0 bridgehead atoms. The number of hydrogen-bond acceptors (Lipinski definition) is 3. The summed E-state index contributed by atoms with van der Waals surface area (Å²) in [6, 6.07) is 0.115. The van der Waals surface area contributed by atoms with Gasteiger partial charge >= 0.3 is 11.8 Å². The molecule has 1 rings (SSSR count). The van der Waals surface area contributed by atoms with E-state index in [0.29, 0.717) is 19.6 Å². The van der Waals surface area contributed by atoms with Crippen LogP contribution < -0.4 is 0 Å². The molecule has 0 unspecified atom stereocenters. The Labute approximate surface area is 108 Å². The highest BCUT2D eigenvalue weighted by molar-refractivity contribution is 7.99. The number of carbonyl (C=O) groups excluding carboxylic acids is 2. The SMILES string of the molecule is CCSCCCN1CCN(C(C)C)C(=O)C1=O. The van der Waals surface area contributed by atoms with Crippen LogP contribution in [0.25, 0.3) is 0 Å². The van der Waals surface area contributed by atoms with Crippen LogP contribution in [0, 0.1) is 0 Å². The van der Waals surface area contributed by atoms with Gasteiger partial charge in [0, 0.05) is 25.7 Å². The zero-order chi connectivity index (χ0) is 12.8. The molecule has 5 heteroatoms. The molecule has 17 heavy (non-hydrogen) atoms. The summed E-state index contributed by atoms with van der Waals surface area (Å²) in [6.45, 7) is 8.07. The third-order valence-electron chi connectivity index (χ3n) is 2.89. The van der Waals surface area contributed by atoms with E-state index in [0.717, 1.165) is 17.9 Å². The van der Waals surface area contributed by atoms with Gasteiger partial charge in [0.15, 0.2) is 0 Å². The minimum Gasteiger partial charge on any atom is -0.333 e. The molecule has 0 aliphatic carbocycles. The van der Waals surface area contributed by atoms with E-state index in [1.165, 1.54) is 0 Å². The van der Waals surface area contributed by atoms with E-state index < -0.39 is 0 Å². The van der Waals surface area contributed by atoms with Crippen LogP contribution in [0.1, 0.15) is 27.2 Å². The van der Waals surface area contributed by atoms with Crippen molar-refractivity contribution in [2.24, 2.45) is 0 Å². The molecule has 4 nitrogen and oxygen atoms in total. The molecule has 0 spiro atoms. The van der Waals surface area contributed by atoms with Crippen LogP contribution in [0.4, 0.5) is 0 Å². The first-order valence-corrected chi connectivity index (χ1v) is 7.41. The van der Waals surface area contributed by atoms with E-state index in [-0.39, 0.29) is 17.9 Å². The fourth-order valence-corrected chi connectivity index (χ4v) is 2.52. The Kier molecular flexibility index (Phi) is 5.82. The zero-order valence-electron chi connectivity index (χ0n) is 10.9. The average molecular weight is 258 g/mol. The highest BCUT2D eigenvalue weighted by Gasteiger charge is 2.33. The van der Waals surface area contributed by atoms with Gasteiger partial charge in [0.1, 0.15) is 0 Å². The third kappa shape index (κ3) is 3.91. The van der Waals surface area contributed by atoms with Gasteiger partial charge in [-0.05, 0) is 31.8 Å². The first kappa shape index (κ1) is 14.4. The molecule has 1 saturated heterocycles. The number of thioether (sulfide) groups is 1. The van der Waals surface area contributed by atoms with Crippen molar-refractivity contribution in [1.82, 2.24) is 9.80 Å². The Balaban J connectivity index is 2.40. The number of rotatable bonds is 6. The number of nitrogens with zero attached hydrogens (tertiary/aromatic N) is 2. The quantitative estimate of drug-likeness (QED) is 0.531. The van der Waals surface area contributed by atoms with E-state index >= 15 is 0 Å². The monoisotopic (exact) mass is 258 g/mol. The Morgan fingerprint density at radius 2 is 1.94 bits per heavy atom. The average Bonchev–Trinajstić information content (AvgIpc) is 2.29. The molecule has 2 amide bonds. The number of carbonyl (C=O) groups is 2. The molecule has 0 aromatic carbocycles. The van der Waals surface area contributed by atoms with E-state index in [1.807, 2.05) is 25.6 Å². The van der Waals surface area contributed by atoms with Gasteiger partial charge in [-0.1, -0.05) is 6.92 Å². The lowest BCUT2D eigenvalue weighted by Crippen LogP contribution is -2.56. The van der Waals surface area contributed by atoms with Gasteiger partial charge < -0.3 is 9.80 Å². The summed E-state index contributed by atoms with van der Waals surface area (Å²) in [5, 5.41) is 0. The zero-order valence-corrected chi connectivity index (χ0v) is 11.8. The summed E-state index contributed by atoms with van der Waals surface area (Å²) in [4.78, 5) is 27.0. The van der Waals surface area contributed by atoms with Gasteiger partial charge in [0.2, 0.25) is 0 Å². The molecule has 1 heterocycles. The second kappa shape index (κ2) is 6.89. The second-order valence-electron chi connectivity index (χ2n) is 4.43. The Morgan fingerprint density at radius 3 is 2.53 bits per heavy atom. The molecule has 0 atom stereocenters. The van der Waals surface area contributed by atoms with Crippen molar-refractivity contribution < 1.29 is 9.59 Å². The summed E-state index contributed by atoms with van der Waals surface area (Å²) in [5.41, 5.74) is 0. The van der Waals surface area contributed by atoms with Crippen molar-refractivity contribution in [2.75, 3.05) is 31.1 Å². The lowest BCUT2D eigenvalue weighted by Gasteiger charge is -2.36. The minimum atomic E-state index is -0.339. The maximum absolute atomic E-state index is 11.8. The van der Waals surface area contributed by atoms with Gasteiger partial charge in [-0.2, -0.15) is 11.8 Å². The van der Waals surface area contributed by atoms with Gasteiger partial charge in [-0.3, -0.25) is 9.59 Å². The molecule has 1 fully saturated rings. The molecule has 1 aliphatic rings. The minimum absolute atomic E-state index is 0.115. The molecule has 0 radical (unpaired) electrons. The summed E-state index contributed by atoms with van der Waals surface area (Å²) in [5.74, 6) is 1.50. The third-order valence-corrected chi connectivity index (χ3v) is 3.87. The summed E-state index contributed by atoms with van der Waals surface area (Å²) < 4.78 is 0. The fourth-order valence-electron chi connectivity index (χ4n) is 1.90. The largest absolute Gasteiger partial charge is 0.333 e. The first-order valence-electron chi connectivity index (χ1n) is 6.25. The second-order valence-corrected chi connectivity index (χ2v) is 5.83. The molecule has 0 aromatic rings. The van der Waals surface area contributed by atoms with Gasteiger partial charge in [0.05, 0.1) is 0 Å². The Bertz CT molecular complexity index is 282. The van der Waals surface area contributed by atoms with Crippen LogP contribution in [-0.2, 0) is 9.59 Å². The van der Waals surface area contributed by atoms with Crippen LogP contribution >= 0.6 is 11.8 Å². The summed E-state index contributed by atoms with van der Waals surface area (Å²) in [7, 11) is 0. The highest BCUT2D eigenvalue weighted by Crippen LogP contribution is 2.10. The molecular weight excluding hydrogens is 236 g/mol. The van der Waals surface area contributed by atoms with Crippen molar-refractivity contribution >= 4 is 23.6 Å². The van der Waals surface area contributed by atoms with Crippen LogP contribution in [0.2, 0.25) is 0 Å². The van der Waals surface area contributed by atoms with E-state index in [2.05, 4.69) is 6.92 Å². The van der Waals surface area contributed by atoms with Crippen molar-refractivity contribution in [3.8, 4) is 0 Å². The van der Waals surface area contributed by atoms with Crippen molar-refractivity contribution in [3.63, 3.8) is 0 Å². The molecule has 0 N–H and O–H groups in total. The standard InChI is InChI=1S/C12H22N2O2S/c1-4-17-9-5-6-13-7-8-14(10(2)3)12(16)11(13)15/h10H,4-9H2,1-3H3. The predicted molar refractivity (Wildman–Crippen MR) is 71.0 cm³/mol. The highest BCUT2D eigenvalue weighted by atomic mass is 32.2. The van der Waals surface area contributed by atoms with E-state index in [1.54, 1.807) is 9.80 Å². The molecule has 0 aromatic heterocycles. The fraction of sp³-hybridized carbons (Fsp3) is 0.833. The Hall–Kier alpha value is -0.710. The Morgan fingerprint density at radius 1 is 1.24 bits per heavy atom. The number of amides is 2. The van der Waals surface area contributed by atoms with Crippen molar-refractivity contribution in [3.05, 3.63) is 0 Å². The van der Waals surface area contributed by atoms with E-state index in [4.69, 9.17) is 0 Å². The van der Waals surface area contributed by atoms with Crippen LogP contribution in [0.3, 0.4) is 0 Å². The topological polar surface area (TPSA) is 40.6 Å². The van der Waals surface area contributed by atoms with E-state index in [9.17, 15) is 9.59 Å². The van der Waals surface area contributed by atoms with Crippen molar-refractivity contribution in [2.45, 2.75) is 33.2 Å². The maximum atomic E-state index is 11.8. The smallest absolute Gasteiger partial charge is 0.312 e. The number of hydrogen-bond donors (Lipinski definition) is 0. The van der Waals surface area contributed by atoms with Gasteiger partial charge in [0.25, 0.3) is 0 Å². The van der Waals surface area contributed by atoms with Crippen LogP contribution in [0.5, 0.6) is 0 Å². The lowest BCUT2D eigenvalue weighted by atomic mass is 10.2. The first-order chi connectivity index (χ1) is 8.07. The van der Waals surface area contributed by atoms with Crippen molar-refractivity contribution in [1.29, 1.82) is 0 Å². The van der Waals surface area contributed by atoms with Crippen LogP contribution in [0.15, 0.2) is 0 Å². The molecule has 98 valence electrons. The van der Waals surface area contributed by atoms with Gasteiger partial charge in [-0.15, -0.1) is 0 Å². The summed E-state index contributed by atoms with van der Waals surface area (Å²) in [6.07, 6.45) is 0.971. The number of piperazine rings is 1. The maximum Gasteiger partial charge on any atom is 0.312 e. The lowest BCUT2D eigenvalue weighted by molar-refractivity contribution is -0.157. The molecular formula is C12H22N2O2S. The molecule has 1 aliphatic heterocycles. The molecule has 0 saturated carbocycles. The van der Waals surface area contributed by atoms with Gasteiger partial charge in [-0.25, -0.2) is 0 Å². The van der Waals surface area contributed by atoms with Crippen LogP contribution in [-0.4, -0.2) is 58.8 Å². The summed E-state index contributed by atoms with van der Waals surface area (Å²) >= 11 is 1.87. The normalized spacial score (nSPS) is 17.2. The predicted octanol–water partition coefficient (Wildman–Crippen LogP) is 1.21.